The van der Waals surface area contributed by atoms with Gasteiger partial charge in [-0.2, -0.15) is 0 Å². The molecule has 0 N–H and O–H groups in total. The van der Waals surface area contributed by atoms with E-state index in [-0.39, 0.29) is 39.7 Å². The second kappa shape index (κ2) is 12.5. The Morgan fingerprint density at radius 2 is 1.14 bits per heavy atom. The van der Waals surface area contributed by atoms with Gasteiger partial charge in [0.05, 0.1) is 0 Å². The zero-order valence-corrected chi connectivity index (χ0v) is 32.1. The summed E-state index contributed by atoms with van der Waals surface area (Å²) in [6.45, 7) is 18.1. The molecule has 0 spiro atoms. The highest BCUT2D eigenvalue weighted by Gasteiger charge is 2.63. The predicted octanol–water partition coefficient (Wildman–Crippen LogP) is 10.5. The molecule has 6 fully saturated rings. The SMILES string of the molecule is C=C1C=C2CC(C)C3C(CCC4(C)C(OC(=O)OCOC(=O)OC5CCC6C7C(C)CC8=CC(=O)CCC8(C)C7CCC56C)CCC34)C2(C)CC1. The fourth-order valence-corrected chi connectivity index (χ4v) is 14.6. The van der Waals surface area contributed by atoms with E-state index < -0.39 is 19.1 Å². The smallest absolute Gasteiger partial charge is 0.430 e. The van der Waals surface area contributed by atoms with Crippen molar-refractivity contribution < 1.29 is 33.3 Å². The number of rotatable bonds is 4. The lowest BCUT2D eigenvalue weighted by Gasteiger charge is -2.60. The fourth-order valence-electron chi connectivity index (χ4n) is 14.6. The van der Waals surface area contributed by atoms with Crippen LogP contribution in [0.25, 0.3) is 0 Å². The summed E-state index contributed by atoms with van der Waals surface area (Å²) in [6, 6.07) is 0. The molecule has 7 nitrogen and oxygen atoms in total. The number of fused-ring (bicyclic) bond motifs is 10. The first-order chi connectivity index (χ1) is 24.2. The third-order valence-electron chi connectivity index (χ3n) is 17.4. The van der Waals surface area contributed by atoms with Crippen LogP contribution in [0.15, 0.2) is 35.5 Å². The first-order valence-electron chi connectivity index (χ1n) is 20.5. The second-order valence-electron chi connectivity index (χ2n) is 19.6. The summed E-state index contributed by atoms with van der Waals surface area (Å²) in [6.07, 6.45) is 16.5. The van der Waals surface area contributed by atoms with Crippen LogP contribution >= 0.6 is 0 Å². The third-order valence-corrected chi connectivity index (χ3v) is 17.4. The van der Waals surface area contributed by atoms with Crippen molar-refractivity contribution in [3.05, 3.63) is 35.5 Å². The van der Waals surface area contributed by atoms with Crippen molar-refractivity contribution in [3.63, 3.8) is 0 Å². The van der Waals surface area contributed by atoms with E-state index in [2.05, 4.69) is 54.2 Å². The van der Waals surface area contributed by atoms with Gasteiger partial charge in [-0.05, 0) is 148 Å². The highest BCUT2D eigenvalue weighted by Crippen LogP contribution is 2.68. The zero-order chi connectivity index (χ0) is 36.1. The van der Waals surface area contributed by atoms with E-state index in [1.54, 1.807) is 5.57 Å². The molecule has 0 amide bonds. The molecule has 0 aromatic rings. The quantitative estimate of drug-likeness (QED) is 0.213. The molecule has 8 rings (SSSR count). The Labute approximate surface area is 305 Å². The molecule has 0 bridgehead atoms. The van der Waals surface area contributed by atoms with Crippen molar-refractivity contribution in [2.24, 2.45) is 69.0 Å². The molecular formula is C44H62O7. The van der Waals surface area contributed by atoms with Crippen LogP contribution in [0, 0.1) is 69.0 Å². The van der Waals surface area contributed by atoms with E-state index in [9.17, 15) is 14.4 Å². The number of carbonyl (C=O) groups is 3. The summed E-state index contributed by atoms with van der Waals surface area (Å²) >= 11 is 0. The molecule has 0 aromatic heterocycles. The van der Waals surface area contributed by atoms with E-state index in [4.69, 9.17) is 18.9 Å². The molecule has 0 saturated heterocycles. The summed E-state index contributed by atoms with van der Waals surface area (Å²) in [7, 11) is 0. The minimum absolute atomic E-state index is 0.0724. The zero-order valence-electron chi connectivity index (χ0n) is 32.1. The van der Waals surface area contributed by atoms with Crippen LogP contribution in [0.3, 0.4) is 0 Å². The van der Waals surface area contributed by atoms with Crippen molar-refractivity contribution in [2.45, 2.75) is 144 Å². The average Bonchev–Trinajstić information content (AvgIpc) is 3.58. The van der Waals surface area contributed by atoms with E-state index in [1.165, 1.54) is 17.6 Å². The first kappa shape index (κ1) is 35.5. The average molecular weight is 703 g/mol. The van der Waals surface area contributed by atoms with Gasteiger partial charge in [0, 0.05) is 17.3 Å². The van der Waals surface area contributed by atoms with Crippen molar-refractivity contribution in [2.75, 3.05) is 6.79 Å². The largest absolute Gasteiger partial charge is 0.511 e. The Kier molecular flexibility index (Phi) is 8.69. The Morgan fingerprint density at radius 1 is 0.667 bits per heavy atom. The highest BCUT2D eigenvalue weighted by atomic mass is 16.8. The van der Waals surface area contributed by atoms with Crippen LogP contribution in [-0.2, 0) is 23.7 Å². The summed E-state index contributed by atoms with van der Waals surface area (Å²) in [5.74, 6) is 4.80. The van der Waals surface area contributed by atoms with E-state index in [0.717, 1.165) is 77.0 Å². The molecule has 0 radical (unpaired) electrons. The summed E-state index contributed by atoms with van der Waals surface area (Å²) < 4.78 is 22.7. The lowest BCUT2D eigenvalue weighted by Crippen LogP contribution is -2.54. The maximum atomic E-state index is 13.0. The fraction of sp³-hybridized carbons (Fsp3) is 0.795. The van der Waals surface area contributed by atoms with Gasteiger partial charge in [-0.1, -0.05) is 70.9 Å². The molecule has 14 unspecified atom stereocenters. The number of hydrogen-bond donors (Lipinski definition) is 0. The Morgan fingerprint density at radius 3 is 1.65 bits per heavy atom. The molecule has 6 saturated carbocycles. The Hall–Kier alpha value is -2.57. The minimum atomic E-state index is -0.776. The van der Waals surface area contributed by atoms with E-state index in [1.807, 2.05) is 6.08 Å². The van der Waals surface area contributed by atoms with Gasteiger partial charge >= 0.3 is 12.3 Å². The first-order valence-corrected chi connectivity index (χ1v) is 20.5. The Bertz CT molecular complexity index is 1430. The van der Waals surface area contributed by atoms with Crippen molar-refractivity contribution in [3.8, 4) is 0 Å². The molecule has 280 valence electrons. The van der Waals surface area contributed by atoms with Gasteiger partial charge in [0.2, 0.25) is 6.79 Å². The summed E-state index contributed by atoms with van der Waals surface area (Å²) in [5.41, 5.74) is 4.44. The van der Waals surface area contributed by atoms with E-state index >= 15 is 0 Å². The molecule has 14 atom stereocenters. The minimum Gasteiger partial charge on any atom is -0.430 e. The lowest BCUT2D eigenvalue weighted by molar-refractivity contribution is -0.122. The van der Waals surface area contributed by atoms with Gasteiger partial charge in [0.1, 0.15) is 12.2 Å². The number of allylic oxidation sites excluding steroid dienone is 4. The molecule has 0 heterocycles. The number of ether oxygens (including phenoxy) is 4. The second-order valence-corrected chi connectivity index (χ2v) is 19.6. The van der Waals surface area contributed by atoms with Gasteiger partial charge in [0.15, 0.2) is 5.78 Å². The number of ketones is 1. The van der Waals surface area contributed by atoms with Crippen LogP contribution in [0.4, 0.5) is 9.59 Å². The number of hydrogen-bond acceptors (Lipinski definition) is 7. The standard InChI is InChI=1S/C44H62O7/c1-25-12-16-41(4)28(20-25)21-26(2)37-31-8-10-35(43(31,6)18-14-33(37)41)50-39(46)48-24-49-40(47)51-36-11-9-32-38-27(3)22-29-23-30(45)13-17-42(29,5)34(38)15-19-44(32,36)7/h20,23,26-27,31-38H,1,8-19,21-22,24H2,2-7H3. The molecule has 51 heavy (non-hydrogen) atoms. The predicted molar refractivity (Wildman–Crippen MR) is 194 cm³/mol. The number of carbonyl (C=O) groups excluding carboxylic acids is 3. The van der Waals surface area contributed by atoms with Crippen LogP contribution in [0.2, 0.25) is 0 Å². The van der Waals surface area contributed by atoms with Crippen LogP contribution in [0.1, 0.15) is 131 Å². The third kappa shape index (κ3) is 5.50. The monoisotopic (exact) mass is 702 g/mol. The van der Waals surface area contributed by atoms with Crippen LogP contribution in [0.5, 0.6) is 0 Å². The van der Waals surface area contributed by atoms with Crippen molar-refractivity contribution in [1.29, 1.82) is 0 Å². The van der Waals surface area contributed by atoms with Gasteiger partial charge in [-0.3, -0.25) is 4.79 Å². The maximum absolute atomic E-state index is 13.0. The van der Waals surface area contributed by atoms with Crippen LogP contribution in [-0.4, -0.2) is 37.1 Å². The summed E-state index contributed by atoms with van der Waals surface area (Å²) in [4.78, 5) is 38.3. The highest BCUT2D eigenvalue weighted by molar-refractivity contribution is 5.91. The van der Waals surface area contributed by atoms with Gasteiger partial charge in [-0.25, -0.2) is 9.59 Å². The molecule has 7 heteroatoms. The molecule has 8 aliphatic carbocycles. The van der Waals surface area contributed by atoms with Crippen molar-refractivity contribution in [1.82, 2.24) is 0 Å². The Balaban J connectivity index is 0.837. The maximum Gasteiger partial charge on any atom is 0.511 e. The normalized spacial score (nSPS) is 48.4. The topological polar surface area (TPSA) is 88.1 Å². The van der Waals surface area contributed by atoms with Gasteiger partial charge in [-0.15, -0.1) is 0 Å². The van der Waals surface area contributed by atoms with E-state index in [0.29, 0.717) is 53.8 Å². The molecule has 0 aromatic carbocycles. The van der Waals surface area contributed by atoms with Crippen molar-refractivity contribution >= 4 is 18.1 Å². The van der Waals surface area contributed by atoms with Gasteiger partial charge in [0.25, 0.3) is 0 Å². The van der Waals surface area contributed by atoms with Crippen LogP contribution < -0.4 is 0 Å². The summed E-state index contributed by atoms with van der Waals surface area (Å²) in [5, 5.41) is 0. The molecule has 0 aliphatic heterocycles. The lowest BCUT2D eigenvalue weighted by atomic mass is 9.45. The molecular weight excluding hydrogens is 640 g/mol. The molecule has 8 aliphatic rings. The van der Waals surface area contributed by atoms with Gasteiger partial charge < -0.3 is 18.9 Å².